The van der Waals surface area contributed by atoms with Crippen LogP contribution in [0, 0.1) is 11.3 Å². The lowest BCUT2D eigenvalue weighted by atomic mass is 9.79. The summed E-state index contributed by atoms with van der Waals surface area (Å²) in [5, 5.41) is 0. The normalized spacial score (nSPS) is 15.7. The molecule has 1 atom stereocenters. The molecule has 0 saturated heterocycles. The van der Waals surface area contributed by atoms with Crippen molar-refractivity contribution < 1.29 is 0 Å². The van der Waals surface area contributed by atoms with E-state index >= 15 is 0 Å². The van der Waals surface area contributed by atoms with Gasteiger partial charge < -0.3 is 0 Å². The van der Waals surface area contributed by atoms with Crippen LogP contribution in [0.1, 0.15) is 34.1 Å². The van der Waals surface area contributed by atoms with Gasteiger partial charge in [-0.25, -0.2) is 0 Å². The molecule has 0 aliphatic rings. The fraction of sp³-hybridized carbons (Fsp3) is 1.00. The van der Waals surface area contributed by atoms with Crippen molar-refractivity contribution in [1.82, 2.24) is 0 Å². The Labute approximate surface area is 64.4 Å². The minimum absolute atomic E-state index is 0.474. The number of rotatable bonds is 3. The lowest BCUT2D eigenvalue weighted by molar-refractivity contribution is 0.245. The third-order valence-corrected chi connectivity index (χ3v) is 3.07. The SMILES string of the molecule is CCC(C)(C)C(C)CS. The molecule has 0 heterocycles. The van der Waals surface area contributed by atoms with Crippen molar-refractivity contribution in [3.05, 3.63) is 0 Å². The van der Waals surface area contributed by atoms with Gasteiger partial charge in [-0.05, 0) is 17.1 Å². The maximum Gasteiger partial charge on any atom is -0.00670 e. The monoisotopic (exact) mass is 146 g/mol. The summed E-state index contributed by atoms with van der Waals surface area (Å²) in [6, 6.07) is 0. The van der Waals surface area contributed by atoms with Gasteiger partial charge in [-0.15, -0.1) is 0 Å². The summed E-state index contributed by atoms with van der Waals surface area (Å²) in [4.78, 5) is 0. The van der Waals surface area contributed by atoms with E-state index in [2.05, 4.69) is 40.3 Å². The molecule has 0 rings (SSSR count). The zero-order chi connectivity index (χ0) is 7.49. The molecular weight excluding hydrogens is 128 g/mol. The molecule has 9 heavy (non-hydrogen) atoms. The Kier molecular flexibility index (Phi) is 3.64. The van der Waals surface area contributed by atoms with Crippen molar-refractivity contribution in [1.29, 1.82) is 0 Å². The molecule has 0 aliphatic heterocycles. The standard InChI is InChI=1S/C8H18S/c1-5-8(3,4)7(2)6-9/h7,9H,5-6H2,1-4H3. The lowest BCUT2D eigenvalue weighted by Crippen LogP contribution is -2.21. The first-order valence-corrected chi connectivity index (χ1v) is 4.28. The van der Waals surface area contributed by atoms with E-state index in [1.54, 1.807) is 0 Å². The molecular formula is C8H18S. The van der Waals surface area contributed by atoms with Crippen LogP contribution in [0.5, 0.6) is 0 Å². The zero-order valence-corrected chi connectivity index (χ0v) is 7.83. The topological polar surface area (TPSA) is 0 Å². The zero-order valence-electron chi connectivity index (χ0n) is 6.94. The Hall–Kier alpha value is 0.350. The van der Waals surface area contributed by atoms with Crippen LogP contribution >= 0.6 is 12.6 Å². The predicted octanol–water partition coefficient (Wildman–Crippen LogP) is 2.99. The molecule has 0 N–H and O–H groups in total. The second-order valence-corrected chi connectivity index (χ2v) is 3.79. The van der Waals surface area contributed by atoms with Gasteiger partial charge in [-0.3, -0.25) is 0 Å². The number of hydrogen-bond donors (Lipinski definition) is 1. The molecule has 0 fully saturated rings. The van der Waals surface area contributed by atoms with Crippen molar-refractivity contribution in [3.63, 3.8) is 0 Å². The van der Waals surface area contributed by atoms with E-state index in [1.807, 2.05) is 0 Å². The second kappa shape index (κ2) is 3.50. The fourth-order valence-electron chi connectivity index (χ4n) is 0.596. The van der Waals surface area contributed by atoms with Gasteiger partial charge >= 0.3 is 0 Å². The lowest BCUT2D eigenvalue weighted by Gasteiger charge is -2.29. The van der Waals surface area contributed by atoms with Gasteiger partial charge in [0.15, 0.2) is 0 Å². The first kappa shape index (κ1) is 9.35. The molecule has 0 bridgehead atoms. The first-order valence-electron chi connectivity index (χ1n) is 3.65. The van der Waals surface area contributed by atoms with E-state index in [1.165, 1.54) is 6.42 Å². The van der Waals surface area contributed by atoms with E-state index in [0.29, 0.717) is 5.41 Å². The van der Waals surface area contributed by atoms with Gasteiger partial charge in [-0.2, -0.15) is 12.6 Å². The van der Waals surface area contributed by atoms with Crippen molar-refractivity contribution in [2.45, 2.75) is 34.1 Å². The van der Waals surface area contributed by atoms with Gasteiger partial charge in [0, 0.05) is 0 Å². The summed E-state index contributed by atoms with van der Waals surface area (Å²) in [5.41, 5.74) is 0.474. The van der Waals surface area contributed by atoms with Crippen molar-refractivity contribution in [2.75, 3.05) is 5.75 Å². The molecule has 1 unspecified atom stereocenters. The van der Waals surface area contributed by atoms with Crippen LogP contribution in [-0.2, 0) is 0 Å². The average molecular weight is 146 g/mol. The molecule has 0 nitrogen and oxygen atoms in total. The highest BCUT2D eigenvalue weighted by Gasteiger charge is 2.21. The minimum atomic E-state index is 0.474. The van der Waals surface area contributed by atoms with E-state index in [4.69, 9.17) is 0 Å². The van der Waals surface area contributed by atoms with Crippen molar-refractivity contribution >= 4 is 12.6 Å². The average Bonchev–Trinajstić information content (AvgIpc) is 1.86. The molecule has 56 valence electrons. The highest BCUT2D eigenvalue weighted by molar-refractivity contribution is 7.80. The largest absolute Gasteiger partial charge is 0.179 e. The Bertz CT molecular complexity index is 76.6. The van der Waals surface area contributed by atoms with Crippen LogP contribution in [0.25, 0.3) is 0 Å². The van der Waals surface area contributed by atoms with E-state index in [-0.39, 0.29) is 0 Å². The van der Waals surface area contributed by atoms with Gasteiger partial charge in [-0.1, -0.05) is 34.1 Å². The van der Waals surface area contributed by atoms with Crippen LogP contribution in [0.3, 0.4) is 0 Å². The van der Waals surface area contributed by atoms with Crippen LogP contribution in [0.15, 0.2) is 0 Å². The quantitative estimate of drug-likeness (QED) is 0.581. The summed E-state index contributed by atoms with van der Waals surface area (Å²) in [6.45, 7) is 9.10. The summed E-state index contributed by atoms with van der Waals surface area (Å²) in [5.74, 6) is 1.73. The Morgan fingerprint density at radius 2 is 1.89 bits per heavy atom. The van der Waals surface area contributed by atoms with E-state index < -0.39 is 0 Å². The summed E-state index contributed by atoms with van der Waals surface area (Å²) < 4.78 is 0. The molecule has 0 radical (unpaired) electrons. The molecule has 0 spiro atoms. The van der Waals surface area contributed by atoms with Gasteiger partial charge in [0.1, 0.15) is 0 Å². The van der Waals surface area contributed by atoms with Crippen LogP contribution in [0.4, 0.5) is 0 Å². The second-order valence-electron chi connectivity index (χ2n) is 3.43. The first-order chi connectivity index (χ1) is 4.04. The minimum Gasteiger partial charge on any atom is -0.179 e. The van der Waals surface area contributed by atoms with Gasteiger partial charge in [0.25, 0.3) is 0 Å². The van der Waals surface area contributed by atoms with E-state index in [0.717, 1.165) is 11.7 Å². The van der Waals surface area contributed by atoms with Gasteiger partial charge in [0.05, 0.1) is 0 Å². The fourth-order valence-corrected chi connectivity index (χ4v) is 1.09. The molecule has 0 aromatic carbocycles. The summed E-state index contributed by atoms with van der Waals surface area (Å²) in [6.07, 6.45) is 1.24. The molecule has 0 aromatic rings. The summed E-state index contributed by atoms with van der Waals surface area (Å²) in [7, 11) is 0. The molecule has 0 aliphatic carbocycles. The third-order valence-electron chi connectivity index (χ3n) is 2.52. The van der Waals surface area contributed by atoms with E-state index in [9.17, 15) is 0 Å². The number of thiol groups is 1. The highest BCUT2D eigenvalue weighted by atomic mass is 32.1. The predicted molar refractivity (Wildman–Crippen MR) is 47.1 cm³/mol. The van der Waals surface area contributed by atoms with Crippen LogP contribution in [0.2, 0.25) is 0 Å². The smallest absolute Gasteiger partial charge is 0.00670 e. The van der Waals surface area contributed by atoms with Crippen LogP contribution in [-0.4, -0.2) is 5.75 Å². The molecule has 1 heteroatoms. The molecule has 0 aromatic heterocycles. The molecule has 0 saturated carbocycles. The third kappa shape index (κ3) is 2.61. The maximum absolute atomic E-state index is 4.26. The van der Waals surface area contributed by atoms with Crippen molar-refractivity contribution in [2.24, 2.45) is 11.3 Å². The number of hydrogen-bond acceptors (Lipinski definition) is 1. The van der Waals surface area contributed by atoms with Crippen molar-refractivity contribution in [3.8, 4) is 0 Å². The maximum atomic E-state index is 4.26. The van der Waals surface area contributed by atoms with Crippen LogP contribution < -0.4 is 0 Å². The highest BCUT2D eigenvalue weighted by Crippen LogP contribution is 2.30. The Morgan fingerprint density at radius 1 is 1.44 bits per heavy atom. The molecule has 0 amide bonds. The Morgan fingerprint density at radius 3 is 2.00 bits per heavy atom. The Balaban J connectivity index is 3.80. The van der Waals surface area contributed by atoms with Gasteiger partial charge in [0.2, 0.25) is 0 Å². The summed E-state index contributed by atoms with van der Waals surface area (Å²) >= 11 is 4.26.